The van der Waals surface area contributed by atoms with Gasteiger partial charge in [0.05, 0.1) is 24.8 Å². The molecule has 0 saturated carbocycles. The fourth-order valence-corrected chi connectivity index (χ4v) is 2.69. The topological polar surface area (TPSA) is 62.3 Å². The lowest BCUT2D eigenvalue weighted by molar-refractivity contribution is 0.175. The largest absolute Gasteiger partial charge is 0.497 e. The Labute approximate surface area is 112 Å². The number of aryl methyl sites for hydroxylation is 1. The molecule has 1 aromatic heterocycles. The minimum atomic E-state index is -0.470. The maximum absolute atomic E-state index is 6.45. The van der Waals surface area contributed by atoms with E-state index in [0.29, 0.717) is 13.2 Å². The van der Waals surface area contributed by atoms with Gasteiger partial charge in [0.2, 0.25) is 0 Å². The molecular weight excluding hydrogens is 242 g/mol. The van der Waals surface area contributed by atoms with E-state index in [1.165, 1.54) is 0 Å². The number of ether oxygens (including phenoxy) is 2. The van der Waals surface area contributed by atoms with Crippen molar-refractivity contribution >= 4 is 11.0 Å². The normalized spacial score (nSPS) is 23.1. The molecular formula is C14H19N3O2. The van der Waals surface area contributed by atoms with Gasteiger partial charge in [0.25, 0.3) is 0 Å². The van der Waals surface area contributed by atoms with Crippen LogP contribution in [0.4, 0.5) is 0 Å². The van der Waals surface area contributed by atoms with Crippen molar-refractivity contribution in [1.29, 1.82) is 0 Å². The van der Waals surface area contributed by atoms with Crippen LogP contribution in [0.5, 0.6) is 5.75 Å². The molecule has 1 saturated heterocycles. The standard InChI is InChI=1S/C14H19N3O2/c1-3-17-12-5-4-10(18-2)8-11(12)16-13(17)14(15)6-7-19-9-14/h4-5,8H,3,6-7,9,15H2,1-2H3. The predicted molar refractivity (Wildman–Crippen MR) is 73.3 cm³/mol. The quantitative estimate of drug-likeness (QED) is 0.912. The molecule has 0 aliphatic carbocycles. The molecule has 2 heterocycles. The summed E-state index contributed by atoms with van der Waals surface area (Å²) < 4.78 is 12.9. The molecule has 1 aliphatic heterocycles. The zero-order chi connectivity index (χ0) is 13.5. The van der Waals surface area contributed by atoms with Gasteiger partial charge in [0.15, 0.2) is 0 Å². The maximum atomic E-state index is 6.45. The first-order valence-corrected chi connectivity index (χ1v) is 6.59. The van der Waals surface area contributed by atoms with E-state index >= 15 is 0 Å². The first-order valence-electron chi connectivity index (χ1n) is 6.59. The number of fused-ring (bicyclic) bond motifs is 1. The SMILES string of the molecule is CCn1c(C2(N)CCOC2)nc2cc(OC)ccc21. The summed E-state index contributed by atoms with van der Waals surface area (Å²) in [6.07, 6.45) is 0.813. The van der Waals surface area contributed by atoms with Gasteiger partial charge in [-0.25, -0.2) is 4.98 Å². The number of hydrogen-bond acceptors (Lipinski definition) is 4. The highest BCUT2D eigenvalue weighted by atomic mass is 16.5. The minimum Gasteiger partial charge on any atom is -0.497 e. The van der Waals surface area contributed by atoms with E-state index in [4.69, 9.17) is 20.2 Å². The minimum absolute atomic E-state index is 0.470. The fraction of sp³-hybridized carbons (Fsp3) is 0.500. The van der Waals surface area contributed by atoms with Crippen LogP contribution in [0.1, 0.15) is 19.2 Å². The molecule has 0 bridgehead atoms. The lowest BCUT2D eigenvalue weighted by atomic mass is 9.99. The number of rotatable bonds is 3. The molecule has 5 heteroatoms. The lowest BCUT2D eigenvalue weighted by Crippen LogP contribution is -2.40. The molecule has 1 aromatic carbocycles. The highest BCUT2D eigenvalue weighted by Crippen LogP contribution is 2.31. The van der Waals surface area contributed by atoms with Crippen molar-refractivity contribution in [2.45, 2.75) is 25.4 Å². The Morgan fingerprint density at radius 2 is 2.37 bits per heavy atom. The second kappa shape index (κ2) is 4.51. The van der Waals surface area contributed by atoms with Crippen LogP contribution in [-0.2, 0) is 16.8 Å². The number of aromatic nitrogens is 2. The average Bonchev–Trinajstić information content (AvgIpc) is 3.02. The molecule has 0 amide bonds. The molecule has 19 heavy (non-hydrogen) atoms. The second-order valence-electron chi connectivity index (χ2n) is 4.99. The summed E-state index contributed by atoms with van der Waals surface area (Å²) in [7, 11) is 1.66. The third-order valence-corrected chi connectivity index (χ3v) is 3.77. The number of nitrogens with zero attached hydrogens (tertiary/aromatic N) is 2. The zero-order valence-corrected chi connectivity index (χ0v) is 11.3. The molecule has 1 aliphatic rings. The van der Waals surface area contributed by atoms with Crippen molar-refractivity contribution in [2.24, 2.45) is 5.73 Å². The van der Waals surface area contributed by atoms with Gasteiger partial charge < -0.3 is 19.8 Å². The zero-order valence-electron chi connectivity index (χ0n) is 11.3. The number of nitrogens with two attached hydrogens (primary N) is 1. The van der Waals surface area contributed by atoms with Crippen LogP contribution in [0, 0.1) is 0 Å². The smallest absolute Gasteiger partial charge is 0.132 e. The monoisotopic (exact) mass is 261 g/mol. The van der Waals surface area contributed by atoms with E-state index in [2.05, 4.69) is 11.5 Å². The molecule has 1 fully saturated rings. The Morgan fingerprint density at radius 1 is 1.53 bits per heavy atom. The van der Waals surface area contributed by atoms with Gasteiger partial charge in [-0.3, -0.25) is 0 Å². The highest BCUT2D eigenvalue weighted by molar-refractivity contribution is 5.78. The molecule has 5 nitrogen and oxygen atoms in total. The van der Waals surface area contributed by atoms with E-state index in [-0.39, 0.29) is 0 Å². The van der Waals surface area contributed by atoms with Crippen molar-refractivity contribution in [1.82, 2.24) is 9.55 Å². The van der Waals surface area contributed by atoms with Crippen molar-refractivity contribution in [2.75, 3.05) is 20.3 Å². The van der Waals surface area contributed by atoms with Gasteiger partial charge in [0, 0.05) is 19.2 Å². The van der Waals surface area contributed by atoms with Crippen LogP contribution in [0.2, 0.25) is 0 Å². The van der Waals surface area contributed by atoms with Gasteiger partial charge >= 0.3 is 0 Å². The summed E-state index contributed by atoms with van der Waals surface area (Å²) >= 11 is 0. The maximum Gasteiger partial charge on any atom is 0.132 e. The Bertz CT molecular complexity index is 600. The summed E-state index contributed by atoms with van der Waals surface area (Å²) in [5, 5.41) is 0. The van der Waals surface area contributed by atoms with Gasteiger partial charge in [-0.05, 0) is 25.5 Å². The van der Waals surface area contributed by atoms with Crippen molar-refractivity contribution in [3.05, 3.63) is 24.0 Å². The first-order chi connectivity index (χ1) is 9.18. The number of imidazole rings is 1. The van der Waals surface area contributed by atoms with Crippen molar-refractivity contribution < 1.29 is 9.47 Å². The number of hydrogen-bond donors (Lipinski definition) is 1. The molecule has 0 spiro atoms. The van der Waals surface area contributed by atoms with E-state index in [9.17, 15) is 0 Å². The molecule has 1 atom stereocenters. The highest BCUT2D eigenvalue weighted by Gasteiger charge is 2.37. The van der Waals surface area contributed by atoms with Gasteiger partial charge in [0.1, 0.15) is 17.1 Å². The third-order valence-electron chi connectivity index (χ3n) is 3.77. The van der Waals surface area contributed by atoms with Crippen molar-refractivity contribution in [3.63, 3.8) is 0 Å². The molecule has 1 unspecified atom stereocenters. The summed E-state index contributed by atoms with van der Waals surface area (Å²) in [5.74, 6) is 1.73. The third kappa shape index (κ3) is 1.89. The predicted octanol–water partition coefficient (Wildman–Crippen LogP) is 1.64. The van der Waals surface area contributed by atoms with Crippen LogP contribution < -0.4 is 10.5 Å². The lowest BCUT2D eigenvalue weighted by Gasteiger charge is -2.22. The average molecular weight is 261 g/mol. The van der Waals surface area contributed by atoms with E-state index < -0.39 is 5.54 Å². The number of benzene rings is 1. The molecule has 0 radical (unpaired) electrons. The van der Waals surface area contributed by atoms with Gasteiger partial charge in [-0.15, -0.1) is 0 Å². The van der Waals surface area contributed by atoms with Gasteiger partial charge in [-0.2, -0.15) is 0 Å². The van der Waals surface area contributed by atoms with E-state index in [1.807, 2.05) is 18.2 Å². The molecule has 102 valence electrons. The summed E-state index contributed by atoms with van der Waals surface area (Å²) in [5.41, 5.74) is 8.00. The van der Waals surface area contributed by atoms with Crippen molar-refractivity contribution in [3.8, 4) is 5.75 Å². The Hall–Kier alpha value is -1.59. The first kappa shape index (κ1) is 12.4. The van der Waals surface area contributed by atoms with Crippen LogP contribution in [0.15, 0.2) is 18.2 Å². The van der Waals surface area contributed by atoms with Gasteiger partial charge in [-0.1, -0.05) is 0 Å². The molecule has 2 aromatic rings. The Balaban J connectivity index is 2.18. The van der Waals surface area contributed by atoms with E-state index in [0.717, 1.165) is 35.6 Å². The summed E-state index contributed by atoms with van der Waals surface area (Å²) in [6, 6.07) is 5.94. The van der Waals surface area contributed by atoms with Crippen LogP contribution in [0.3, 0.4) is 0 Å². The van der Waals surface area contributed by atoms with Crippen LogP contribution in [-0.4, -0.2) is 29.9 Å². The fourth-order valence-electron chi connectivity index (χ4n) is 2.69. The van der Waals surface area contributed by atoms with E-state index in [1.54, 1.807) is 7.11 Å². The second-order valence-corrected chi connectivity index (χ2v) is 4.99. The number of methoxy groups -OCH3 is 1. The molecule has 2 N–H and O–H groups in total. The summed E-state index contributed by atoms with van der Waals surface area (Å²) in [4.78, 5) is 4.72. The van der Waals surface area contributed by atoms with Crippen LogP contribution >= 0.6 is 0 Å². The van der Waals surface area contributed by atoms with Crippen LogP contribution in [0.25, 0.3) is 11.0 Å². The summed E-state index contributed by atoms with van der Waals surface area (Å²) in [6.45, 7) is 4.19. The Morgan fingerprint density at radius 3 is 3.00 bits per heavy atom. The molecule has 3 rings (SSSR count). The Kier molecular flexibility index (Phi) is 2.95.